The summed E-state index contributed by atoms with van der Waals surface area (Å²) in [4.78, 5) is 15.1. The number of nitrogens with one attached hydrogen (secondary N) is 2. The predicted octanol–water partition coefficient (Wildman–Crippen LogP) is 5.32. The molecule has 0 aliphatic rings. The maximum atomic E-state index is 13.2. The lowest BCUT2D eigenvalue weighted by atomic mass is 10.2. The van der Waals surface area contributed by atoms with Crippen LogP contribution >= 0.6 is 11.6 Å². The van der Waals surface area contributed by atoms with E-state index in [2.05, 4.69) is 30.5 Å². The van der Waals surface area contributed by atoms with Gasteiger partial charge in [0.15, 0.2) is 0 Å². The summed E-state index contributed by atoms with van der Waals surface area (Å²) in [5, 5.41) is 5.73. The van der Waals surface area contributed by atoms with E-state index >= 15 is 0 Å². The molecule has 0 aliphatic heterocycles. The van der Waals surface area contributed by atoms with E-state index in [1.165, 1.54) is 12.1 Å². The molecule has 0 aliphatic carbocycles. The van der Waals surface area contributed by atoms with Gasteiger partial charge in [-0.25, -0.2) is 4.98 Å². The lowest BCUT2D eigenvalue weighted by molar-refractivity contribution is -0.137. The fourth-order valence-electron chi connectivity index (χ4n) is 2.82. The van der Waals surface area contributed by atoms with Crippen molar-refractivity contribution in [2.75, 3.05) is 37.8 Å². The highest BCUT2D eigenvalue weighted by Gasteiger charge is 2.33. The van der Waals surface area contributed by atoms with E-state index in [1.54, 1.807) is 24.5 Å². The standard InChI is InChI=1S/C21H22ClF3N6/c1-31(2)10-4-9-27-20-29-18(14-5-3-8-26-13-14)12-19(30-20)28-15-6-7-17(22)16(11-15)21(23,24)25/h3,5-8,11-13H,4,9-10H2,1-2H3,(H2,27,28,29,30). The molecule has 0 saturated heterocycles. The number of nitrogens with zero attached hydrogens (tertiary/aromatic N) is 4. The predicted molar refractivity (Wildman–Crippen MR) is 117 cm³/mol. The van der Waals surface area contributed by atoms with Crippen molar-refractivity contribution < 1.29 is 13.2 Å². The lowest BCUT2D eigenvalue weighted by Gasteiger charge is -2.14. The minimum atomic E-state index is -4.56. The van der Waals surface area contributed by atoms with Crippen LogP contribution in [0.3, 0.4) is 0 Å². The first-order chi connectivity index (χ1) is 14.7. The highest BCUT2D eigenvalue weighted by molar-refractivity contribution is 6.31. The fourth-order valence-corrected chi connectivity index (χ4v) is 3.04. The minimum Gasteiger partial charge on any atom is -0.354 e. The zero-order valence-electron chi connectivity index (χ0n) is 17.0. The van der Waals surface area contributed by atoms with Gasteiger partial charge in [0.2, 0.25) is 5.95 Å². The van der Waals surface area contributed by atoms with Crippen molar-refractivity contribution in [3.05, 3.63) is 59.4 Å². The molecule has 0 fully saturated rings. The Morgan fingerprint density at radius 3 is 2.58 bits per heavy atom. The topological polar surface area (TPSA) is 66.0 Å². The van der Waals surface area contributed by atoms with Crippen LogP contribution in [0.4, 0.5) is 30.6 Å². The first-order valence-electron chi connectivity index (χ1n) is 9.54. The van der Waals surface area contributed by atoms with Gasteiger partial charge in [0, 0.05) is 36.3 Å². The number of pyridine rings is 1. The van der Waals surface area contributed by atoms with Crippen molar-refractivity contribution in [3.8, 4) is 11.3 Å². The number of aromatic nitrogens is 3. The zero-order valence-corrected chi connectivity index (χ0v) is 17.8. The second kappa shape index (κ2) is 9.93. The summed E-state index contributed by atoms with van der Waals surface area (Å²) in [7, 11) is 3.98. The van der Waals surface area contributed by atoms with E-state index in [1.807, 2.05) is 20.2 Å². The summed E-state index contributed by atoms with van der Waals surface area (Å²) >= 11 is 5.71. The molecule has 6 nitrogen and oxygen atoms in total. The third-order valence-electron chi connectivity index (χ3n) is 4.29. The Morgan fingerprint density at radius 1 is 1.10 bits per heavy atom. The quantitative estimate of drug-likeness (QED) is 0.453. The van der Waals surface area contributed by atoms with Crippen LogP contribution in [0, 0.1) is 0 Å². The van der Waals surface area contributed by atoms with E-state index in [9.17, 15) is 13.2 Å². The Bertz CT molecular complexity index is 1010. The summed E-state index contributed by atoms with van der Waals surface area (Å²) < 4.78 is 39.6. The van der Waals surface area contributed by atoms with Crippen molar-refractivity contribution in [1.82, 2.24) is 19.9 Å². The maximum Gasteiger partial charge on any atom is 0.417 e. The molecule has 164 valence electrons. The Labute approximate surface area is 183 Å². The van der Waals surface area contributed by atoms with Gasteiger partial charge in [0.05, 0.1) is 16.3 Å². The number of hydrogen-bond acceptors (Lipinski definition) is 6. The smallest absolute Gasteiger partial charge is 0.354 e. The van der Waals surface area contributed by atoms with E-state index in [-0.39, 0.29) is 10.7 Å². The molecular formula is C21H22ClF3N6. The van der Waals surface area contributed by atoms with Crippen LogP contribution in [0.1, 0.15) is 12.0 Å². The molecule has 1 aromatic carbocycles. The van der Waals surface area contributed by atoms with E-state index < -0.39 is 11.7 Å². The van der Waals surface area contributed by atoms with Crippen molar-refractivity contribution >= 4 is 29.1 Å². The molecule has 0 bridgehead atoms. The second-order valence-electron chi connectivity index (χ2n) is 7.10. The largest absolute Gasteiger partial charge is 0.417 e. The van der Waals surface area contributed by atoms with E-state index in [0.717, 1.165) is 24.6 Å². The molecule has 0 unspecified atom stereocenters. The molecule has 10 heteroatoms. The lowest BCUT2D eigenvalue weighted by Crippen LogP contribution is -2.17. The normalized spacial score (nSPS) is 11.6. The summed E-state index contributed by atoms with van der Waals surface area (Å²) in [6.07, 6.45) is -0.370. The first kappa shape index (κ1) is 22.8. The van der Waals surface area contributed by atoms with Gasteiger partial charge in [-0.2, -0.15) is 18.2 Å². The Hall–Kier alpha value is -2.91. The Kier molecular flexibility index (Phi) is 7.29. The molecule has 0 saturated carbocycles. The van der Waals surface area contributed by atoms with Crippen molar-refractivity contribution in [2.24, 2.45) is 0 Å². The monoisotopic (exact) mass is 450 g/mol. The number of alkyl halides is 3. The Balaban J connectivity index is 1.89. The average molecular weight is 451 g/mol. The third kappa shape index (κ3) is 6.53. The van der Waals surface area contributed by atoms with Crippen molar-refractivity contribution in [1.29, 1.82) is 0 Å². The molecule has 2 N–H and O–H groups in total. The molecule has 3 aromatic rings. The highest BCUT2D eigenvalue weighted by Crippen LogP contribution is 2.36. The molecular weight excluding hydrogens is 429 g/mol. The van der Waals surface area contributed by atoms with Gasteiger partial charge in [0.25, 0.3) is 0 Å². The van der Waals surface area contributed by atoms with Crippen LogP contribution in [-0.4, -0.2) is 47.0 Å². The number of rotatable bonds is 8. The summed E-state index contributed by atoms with van der Waals surface area (Å²) in [6.45, 7) is 1.54. The number of anilines is 3. The molecule has 0 spiro atoms. The van der Waals surface area contributed by atoms with Crippen LogP contribution in [0.2, 0.25) is 5.02 Å². The third-order valence-corrected chi connectivity index (χ3v) is 4.62. The summed E-state index contributed by atoms with van der Waals surface area (Å²) in [5.74, 6) is 0.715. The molecule has 31 heavy (non-hydrogen) atoms. The van der Waals surface area contributed by atoms with Crippen molar-refractivity contribution in [2.45, 2.75) is 12.6 Å². The summed E-state index contributed by atoms with van der Waals surface area (Å²) in [6, 6.07) is 8.91. The zero-order chi connectivity index (χ0) is 22.4. The van der Waals surface area contributed by atoms with Crippen LogP contribution in [-0.2, 0) is 6.18 Å². The van der Waals surface area contributed by atoms with Crippen LogP contribution in [0.5, 0.6) is 0 Å². The first-order valence-corrected chi connectivity index (χ1v) is 9.92. The van der Waals surface area contributed by atoms with Gasteiger partial charge in [-0.15, -0.1) is 0 Å². The minimum absolute atomic E-state index is 0.214. The maximum absolute atomic E-state index is 13.2. The van der Waals surface area contributed by atoms with Gasteiger partial charge in [-0.05, 0) is 57.4 Å². The summed E-state index contributed by atoms with van der Waals surface area (Å²) in [5.41, 5.74) is 0.649. The number of benzene rings is 1. The number of hydrogen-bond donors (Lipinski definition) is 2. The van der Waals surface area contributed by atoms with Crippen molar-refractivity contribution in [3.63, 3.8) is 0 Å². The highest BCUT2D eigenvalue weighted by atomic mass is 35.5. The molecule has 3 rings (SSSR count). The van der Waals surface area contributed by atoms with Gasteiger partial charge < -0.3 is 15.5 Å². The number of halogens is 4. The van der Waals surface area contributed by atoms with Crippen LogP contribution in [0.25, 0.3) is 11.3 Å². The molecule has 2 aromatic heterocycles. The Morgan fingerprint density at radius 2 is 1.90 bits per heavy atom. The van der Waals surface area contributed by atoms with Gasteiger partial charge in [0.1, 0.15) is 5.82 Å². The van der Waals surface area contributed by atoms with E-state index in [4.69, 9.17) is 11.6 Å². The van der Waals surface area contributed by atoms with Crippen LogP contribution in [0.15, 0.2) is 48.8 Å². The van der Waals surface area contributed by atoms with Gasteiger partial charge in [-0.1, -0.05) is 11.6 Å². The second-order valence-corrected chi connectivity index (χ2v) is 7.51. The van der Waals surface area contributed by atoms with Crippen LogP contribution < -0.4 is 10.6 Å². The molecule has 0 radical (unpaired) electrons. The fraction of sp³-hybridized carbons (Fsp3) is 0.286. The average Bonchev–Trinajstić information content (AvgIpc) is 2.72. The molecule has 0 amide bonds. The molecule has 0 atom stereocenters. The SMILES string of the molecule is CN(C)CCCNc1nc(Nc2ccc(Cl)c(C(F)(F)F)c2)cc(-c2cccnc2)n1. The van der Waals surface area contributed by atoms with Gasteiger partial charge >= 0.3 is 6.18 Å². The van der Waals surface area contributed by atoms with Gasteiger partial charge in [-0.3, -0.25) is 4.98 Å². The van der Waals surface area contributed by atoms with E-state index in [0.29, 0.717) is 24.0 Å². The molecule has 2 heterocycles.